The zero-order valence-corrected chi connectivity index (χ0v) is 12.0. The van der Waals surface area contributed by atoms with Crippen molar-refractivity contribution in [1.82, 2.24) is 0 Å². The zero-order chi connectivity index (χ0) is 14.7. The highest BCUT2D eigenvalue weighted by Crippen LogP contribution is 2.35. The highest BCUT2D eigenvalue weighted by Gasteiger charge is 2.11. The Hall–Kier alpha value is -2.61. The van der Waals surface area contributed by atoms with E-state index >= 15 is 0 Å². The fourth-order valence-corrected chi connectivity index (χ4v) is 2.53. The minimum absolute atomic E-state index is 0.0301. The van der Waals surface area contributed by atoms with Crippen LogP contribution in [0.5, 0.6) is 0 Å². The second kappa shape index (κ2) is 5.80. The van der Waals surface area contributed by atoms with E-state index in [0.717, 1.165) is 22.2 Å². The van der Waals surface area contributed by atoms with Gasteiger partial charge in [0.1, 0.15) is 0 Å². The second-order valence-electron chi connectivity index (χ2n) is 4.98. The summed E-state index contributed by atoms with van der Waals surface area (Å²) in [6, 6.07) is 22.5. The third-order valence-corrected chi connectivity index (χ3v) is 3.59. The Morgan fingerprint density at radius 3 is 2.38 bits per heavy atom. The van der Waals surface area contributed by atoms with Gasteiger partial charge in [-0.3, -0.25) is 4.79 Å². The van der Waals surface area contributed by atoms with Gasteiger partial charge >= 0.3 is 0 Å². The maximum atomic E-state index is 11.8. The standard InChI is InChI=1S/C19H17NO/c1-2-18(21)20-17-13-12-14-8-6-7-11-16(14)19(17)15-9-4-3-5-10-15/h3-13H,2H2,1H3,(H,20,21). The minimum Gasteiger partial charge on any atom is -0.326 e. The number of hydrogen-bond acceptors (Lipinski definition) is 1. The maximum absolute atomic E-state index is 11.8. The van der Waals surface area contributed by atoms with Crippen molar-refractivity contribution in [3.63, 3.8) is 0 Å². The molecule has 3 rings (SSSR count). The smallest absolute Gasteiger partial charge is 0.224 e. The summed E-state index contributed by atoms with van der Waals surface area (Å²) in [5, 5.41) is 5.33. The molecule has 3 aromatic carbocycles. The summed E-state index contributed by atoms with van der Waals surface area (Å²) in [5.74, 6) is 0.0301. The van der Waals surface area contributed by atoms with E-state index in [1.54, 1.807) is 0 Å². The van der Waals surface area contributed by atoms with Gasteiger partial charge in [-0.15, -0.1) is 0 Å². The number of benzene rings is 3. The van der Waals surface area contributed by atoms with Gasteiger partial charge in [-0.2, -0.15) is 0 Å². The Bertz CT molecular complexity index is 778. The minimum atomic E-state index is 0.0301. The van der Waals surface area contributed by atoms with Gasteiger partial charge in [0.15, 0.2) is 0 Å². The van der Waals surface area contributed by atoms with Crippen LogP contribution in [0.25, 0.3) is 21.9 Å². The van der Waals surface area contributed by atoms with Crippen molar-refractivity contribution in [3.8, 4) is 11.1 Å². The number of carbonyl (C=O) groups excluding carboxylic acids is 1. The molecule has 0 saturated carbocycles. The Morgan fingerprint density at radius 2 is 1.62 bits per heavy atom. The predicted octanol–water partition coefficient (Wildman–Crippen LogP) is 4.86. The summed E-state index contributed by atoms with van der Waals surface area (Å²) in [7, 11) is 0. The van der Waals surface area contributed by atoms with Crippen LogP contribution in [-0.4, -0.2) is 5.91 Å². The summed E-state index contributed by atoms with van der Waals surface area (Å²) in [5.41, 5.74) is 3.06. The highest BCUT2D eigenvalue weighted by atomic mass is 16.1. The molecule has 104 valence electrons. The second-order valence-corrected chi connectivity index (χ2v) is 4.98. The van der Waals surface area contributed by atoms with E-state index in [0.29, 0.717) is 6.42 Å². The van der Waals surface area contributed by atoms with E-state index in [2.05, 4.69) is 29.6 Å². The zero-order valence-electron chi connectivity index (χ0n) is 12.0. The van der Waals surface area contributed by atoms with Crippen molar-refractivity contribution in [3.05, 3.63) is 66.7 Å². The molecule has 0 atom stereocenters. The van der Waals surface area contributed by atoms with Crippen LogP contribution in [-0.2, 0) is 4.79 Å². The number of rotatable bonds is 3. The molecule has 0 aliphatic rings. The average Bonchev–Trinajstić information content (AvgIpc) is 2.55. The van der Waals surface area contributed by atoms with Crippen molar-refractivity contribution in [2.45, 2.75) is 13.3 Å². The number of anilines is 1. The topological polar surface area (TPSA) is 29.1 Å². The van der Waals surface area contributed by atoms with Crippen molar-refractivity contribution in [1.29, 1.82) is 0 Å². The highest BCUT2D eigenvalue weighted by molar-refractivity contribution is 6.06. The Kier molecular flexibility index (Phi) is 3.69. The molecule has 0 unspecified atom stereocenters. The molecule has 3 aromatic rings. The van der Waals surface area contributed by atoms with E-state index < -0.39 is 0 Å². The molecule has 0 aliphatic carbocycles. The SMILES string of the molecule is CCC(=O)Nc1ccc2ccccc2c1-c1ccccc1. The van der Waals surface area contributed by atoms with Crippen LogP contribution in [0.15, 0.2) is 66.7 Å². The molecule has 0 heterocycles. The van der Waals surface area contributed by atoms with Crippen LogP contribution in [0.2, 0.25) is 0 Å². The van der Waals surface area contributed by atoms with E-state index in [-0.39, 0.29) is 5.91 Å². The van der Waals surface area contributed by atoms with Crippen LogP contribution in [0.1, 0.15) is 13.3 Å². The van der Waals surface area contributed by atoms with Crippen LogP contribution < -0.4 is 5.32 Å². The van der Waals surface area contributed by atoms with Gasteiger partial charge in [-0.05, 0) is 22.4 Å². The molecule has 0 fully saturated rings. The van der Waals surface area contributed by atoms with Gasteiger partial charge in [0.2, 0.25) is 5.91 Å². The van der Waals surface area contributed by atoms with E-state index in [1.807, 2.05) is 49.4 Å². The van der Waals surface area contributed by atoms with Crippen LogP contribution in [0, 0.1) is 0 Å². The molecule has 21 heavy (non-hydrogen) atoms. The van der Waals surface area contributed by atoms with Gasteiger partial charge in [-0.1, -0.05) is 67.6 Å². The maximum Gasteiger partial charge on any atom is 0.224 e. The molecule has 0 saturated heterocycles. The molecule has 2 nitrogen and oxygen atoms in total. The first-order valence-corrected chi connectivity index (χ1v) is 7.16. The third kappa shape index (κ3) is 2.65. The van der Waals surface area contributed by atoms with Crippen molar-refractivity contribution >= 4 is 22.4 Å². The van der Waals surface area contributed by atoms with Crippen LogP contribution in [0.4, 0.5) is 5.69 Å². The molecule has 1 amide bonds. The fourth-order valence-electron chi connectivity index (χ4n) is 2.53. The summed E-state index contributed by atoms with van der Waals surface area (Å²) in [6.45, 7) is 1.86. The van der Waals surface area contributed by atoms with Crippen molar-refractivity contribution in [2.24, 2.45) is 0 Å². The molecule has 1 N–H and O–H groups in total. The largest absolute Gasteiger partial charge is 0.326 e. The summed E-state index contributed by atoms with van der Waals surface area (Å²) < 4.78 is 0. The van der Waals surface area contributed by atoms with Gasteiger partial charge in [0.05, 0.1) is 0 Å². The van der Waals surface area contributed by atoms with Gasteiger partial charge in [-0.25, -0.2) is 0 Å². The van der Waals surface area contributed by atoms with E-state index in [4.69, 9.17) is 0 Å². The fraction of sp³-hybridized carbons (Fsp3) is 0.105. The molecule has 2 heteroatoms. The van der Waals surface area contributed by atoms with E-state index in [9.17, 15) is 4.79 Å². The molecular weight excluding hydrogens is 258 g/mol. The average molecular weight is 275 g/mol. The number of carbonyl (C=O) groups is 1. The monoisotopic (exact) mass is 275 g/mol. The lowest BCUT2D eigenvalue weighted by molar-refractivity contribution is -0.115. The lowest BCUT2D eigenvalue weighted by atomic mass is 9.96. The summed E-state index contributed by atoms with van der Waals surface area (Å²) in [6.07, 6.45) is 0.473. The van der Waals surface area contributed by atoms with E-state index in [1.165, 1.54) is 5.39 Å². The number of amides is 1. The van der Waals surface area contributed by atoms with Gasteiger partial charge < -0.3 is 5.32 Å². The van der Waals surface area contributed by atoms with Crippen molar-refractivity contribution < 1.29 is 4.79 Å². The molecule has 0 aliphatic heterocycles. The Balaban J connectivity index is 2.25. The lowest BCUT2D eigenvalue weighted by Crippen LogP contribution is -2.10. The summed E-state index contributed by atoms with van der Waals surface area (Å²) in [4.78, 5) is 11.8. The van der Waals surface area contributed by atoms with Crippen LogP contribution >= 0.6 is 0 Å². The molecule has 0 radical (unpaired) electrons. The molecular formula is C19H17NO. The Morgan fingerprint density at radius 1 is 0.905 bits per heavy atom. The van der Waals surface area contributed by atoms with Gasteiger partial charge in [0, 0.05) is 17.7 Å². The molecule has 0 aromatic heterocycles. The number of fused-ring (bicyclic) bond motifs is 1. The number of nitrogens with one attached hydrogen (secondary N) is 1. The van der Waals surface area contributed by atoms with Crippen molar-refractivity contribution in [2.75, 3.05) is 5.32 Å². The first-order valence-electron chi connectivity index (χ1n) is 7.16. The summed E-state index contributed by atoms with van der Waals surface area (Å²) >= 11 is 0. The first kappa shape index (κ1) is 13.4. The quantitative estimate of drug-likeness (QED) is 0.727. The Labute approximate surface area is 124 Å². The molecule has 0 bridgehead atoms. The first-order chi connectivity index (χ1) is 10.3. The van der Waals surface area contributed by atoms with Crippen LogP contribution in [0.3, 0.4) is 0 Å². The normalized spacial score (nSPS) is 10.5. The predicted molar refractivity (Wildman–Crippen MR) is 88.3 cm³/mol. The lowest BCUT2D eigenvalue weighted by Gasteiger charge is -2.14. The van der Waals surface area contributed by atoms with Gasteiger partial charge in [0.25, 0.3) is 0 Å². The number of hydrogen-bond donors (Lipinski definition) is 1. The molecule has 0 spiro atoms. The third-order valence-electron chi connectivity index (χ3n) is 3.59.